The highest BCUT2D eigenvalue weighted by atomic mass is 15.2. The third kappa shape index (κ3) is 3.14. The average molecular weight is 282 g/mol. The fourth-order valence-corrected chi connectivity index (χ4v) is 4.17. The zero-order chi connectivity index (χ0) is 14.9. The topological polar surface area (TPSA) is 27.0 Å². The molecule has 2 fully saturated rings. The Labute approximate surface area is 128 Å². The molecular formula is C19H26N2. The smallest absolute Gasteiger partial charge is 0.0672 e. The maximum absolute atomic E-state index is 9.53. The largest absolute Gasteiger partial charge is 0.299 e. The van der Waals surface area contributed by atoms with E-state index in [0.717, 1.165) is 32.4 Å². The molecule has 1 aromatic carbocycles. The van der Waals surface area contributed by atoms with Gasteiger partial charge in [0.25, 0.3) is 0 Å². The van der Waals surface area contributed by atoms with Crippen molar-refractivity contribution in [3.05, 3.63) is 35.9 Å². The quantitative estimate of drug-likeness (QED) is 0.813. The fourth-order valence-electron chi connectivity index (χ4n) is 4.17. The molecule has 1 aliphatic heterocycles. The lowest BCUT2D eigenvalue weighted by atomic mass is 9.75. The Hall–Kier alpha value is -1.33. The fraction of sp³-hybridized carbons (Fsp3) is 0.632. The van der Waals surface area contributed by atoms with Gasteiger partial charge in [-0.05, 0) is 49.1 Å². The first kappa shape index (κ1) is 14.6. The zero-order valence-electron chi connectivity index (χ0n) is 13.3. The molecule has 1 aromatic rings. The van der Waals surface area contributed by atoms with Crippen LogP contribution in [0.5, 0.6) is 0 Å². The molecule has 2 aliphatic rings. The number of hydrogen-bond donors (Lipinski definition) is 0. The molecule has 3 rings (SSSR count). The van der Waals surface area contributed by atoms with Gasteiger partial charge < -0.3 is 0 Å². The van der Waals surface area contributed by atoms with Crippen molar-refractivity contribution in [2.75, 3.05) is 13.1 Å². The van der Waals surface area contributed by atoms with Crippen molar-refractivity contribution in [1.29, 1.82) is 5.26 Å². The molecule has 0 amide bonds. The summed E-state index contributed by atoms with van der Waals surface area (Å²) >= 11 is 0. The average Bonchev–Trinajstić information content (AvgIpc) is 2.87. The van der Waals surface area contributed by atoms with Gasteiger partial charge in [0.15, 0.2) is 0 Å². The Balaban J connectivity index is 1.75. The second-order valence-corrected chi connectivity index (χ2v) is 7.61. The van der Waals surface area contributed by atoms with E-state index in [9.17, 15) is 5.26 Å². The van der Waals surface area contributed by atoms with Crippen LogP contribution in [0.1, 0.15) is 51.0 Å². The second kappa shape index (κ2) is 5.81. The van der Waals surface area contributed by atoms with Gasteiger partial charge in [0.05, 0.1) is 12.0 Å². The molecular weight excluding hydrogens is 256 g/mol. The first-order valence-corrected chi connectivity index (χ1v) is 8.28. The lowest BCUT2D eigenvalue weighted by Gasteiger charge is -2.39. The molecule has 1 aliphatic carbocycles. The maximum Gasteiger partial charge on any atom is 0.0672 e. The van der Waals surface area contributed by atoms with Crippen molar-refractivity contribution in [1.82, 2.24) is 4.90 Å². The molecule has 1 saturated heterocycles. The minimum Gasteiger partial charge on any atom is -0.299 e. The van der Waals surface area contributed by atoms with Crippen LogP contribution >= 0.6 is 0 Å². The summed E-state index contributed by atoms with van der Waals surface area (Å²) in [6.45, 7) is 7.02. The highest BCUT2D eigenvalue weighted by Gasteiger charge is 2.40. The molecule has 1 saturated carbocycles. The summed E-state index contributed by atoms with van der Waals surface area (Å²) in [6, 6.07) is 13.9. The van der Waals surface area contributed by atoms with Crippen LogP contribution in [0.3, 0.4) is 0 Å². The van der Waals surface area contributed by atoms with E-state index in [1.54, 1.807) is 0 Å². The summed E-state index contributed by atoms with van der Waals surface area (Å²) in [6.07, 6.45) is 4.63. The summed E-state index contributed by atoms with van der Waals surface area (Å²) in [7, 11) is 0. The van der Waals surface area contributed by atoms with Gasteiger partial charge in [-0.25, -0.2) is 0 Å². The number of nitrogens with zero attached hydrogens (tertiary/aromatic N) is 2. The van der Waals surface area contributed by atoms with E-state index in [2.05, 4.69) is 55.1 Å². The Morgan fingerprint density at radius 2 is 1.95 bits per heavy atom. The van der Waals surface area contributed by atoms with Crippen molar-refractivity contribution in [2.24, 2.45) is 11.3 Å². The SMILES string of the molecule is CC1(C)CCN(C2CC(c3ccccc3)CCC2C#N)C1. The minimum atomic E-state index is 0.221. The van der Waals surface area contributed by atoms with E-state index >= 15 is 0 Å². The lowest BCUT2D eigenvalue weighted by Crippen LogP contribution is -2.43. The minimum absolute atomic E-state index is 0.221. The summed E-state index contributed by atoms with van der Waals surface area (Å²) in [5, 5.41) is 9.53. The van der Waals surface area contributed by atoms with Gasteiger partial charge in [0, 0.05) is 12.6 Å². The Bertz CT molecular complexity index is 514. The van der Waals surface area contributed by atoms with Crippen LogP contribution in [0.25, 0.3) is 0 Å². The normalized spacial score (nSPS) is 32.7. The third-order valence-corrected chi connectivity index (χ3v) is 5.43. The molecule has 112 valence electrons. The van der Waals surface area contributed by atoms with Gasteiger partial charge >= 0.3 is 0 Å². The van der Waals surface area contributed by atoms with Crippen LogP contribution in [-0.2, 0) is 0 Å². The monoisotopic (exact) mass is 282 g/mol. The molecule has 3 unspecified atom stereocenters. The van der Waals surface area contributed by atoms with Crippen LogP contribution in [0.2, 0.25) is 0 Å². The molecule has 0 aromatic heterocycles. The molecule has 0 N–H and O–H groups in total. The van der Waals surface area contributed by atoms with E-state index in [4.69, 9.17) is 0 Å². The van der Waals surface area contributed by atoms with Crippen molar-refractivity contribution in [3.63, 3.8) is 0 Å². The number of likely N-dealkylation sites (tertiary alicyclic amines) is 1. The van der Waals surface area contributed by atoms with Gasteiger partial charge in [-0.15, -0.1) is 0 Å². The van der Waals surface area contributed by atoms with Crippen LogP contribution in [-0.4, -0.2) is 24.0 Å². The Kier molecular flexibility index (Phi) is 4.04. The van der Waals surface area contributed by atoms with Crippen molar-refractivity contribution >= 4 is 0 Å². The summed E-state index contributed by atoms with van der Waals surface area (Å²) in [4.78, 5) is 2.60. The van der Waals surface area contributed by atoms with E-state index < -0.39 is 0 Å². The van der Waals surface area contributed by atoms with Crippen molar-refractivity contribution in [3.8, 4) is 6.07 Å². The van der Waals surface area contributed by atoms with Gasteiger partial charge in [0.1, 0.15) is 0 Å². The molecule has 21 heavy (non-hydrogen) atoms. The Morgan fingerprint density at radius 3 is 2.57 bits per heavy atom. The predicted octanol–water partition coefficient (Wildman–Crippen LogP) is 4.19. The molecule has 0 bridgehead atoms. The molecule has 2 heteroatoms. The van der Waals surface area contributed by atoms with Gasteiger partial charge in [-0.2, -0.15) is 5.26 Å². The van der Waals surface area contributed by atoms with Crippen LogP contribution in [0, 0.1) is 22.7 Å². The van der Waals surface area contributed by atoms with Crippen LogP contribution < -0.4 is 0 Å². The molecule has 0 radical (unpaired) electrons. The van der Waals surface area contributed by atoms with Crippen LogP contribution in [0.15, 0.2) is 30.3 Å². The van der Waals surface area contributed by atoms with E-state index in [1.807, 2.05) is 0 Å². The third-order valence-electron chi connectivity index (χ3n) is 5.43. The summed E-state index contributed by atoms with van der Waals surface area (Å²) in [5.74, 6) is 0.850. The van der Waals surface area contributed by atoms with Crippen molar-refractivity contribution in [2.45, 2.75) is 51.5 Å². The molecule has 0 spiro atoms. The predicted molar refractivity (Wildman–Crippen MR) is 85.9 cm³/mol. The Morgan fingerprint density at radius 1 is 1.19 bits per heavy atom. The van der Waals surface area contributed by atoms with E-state index in [1.165, 1.54) is 12.0 Å². The summed E-state index contributed by atoms with van der Waals surface area (Å²) in [5.41, 5.74) is 1.87. The highest BCUT2D eigenvalue weighted by Crippen LogP contribution is 2.41. The standard InChI is InChI=1S/C19H26N2/c1-19(2)10-11-21(14-19)18-12-16(8-9-17(18)13-20)15-6-4-3-5-7-15/h3-7,16-18H,8-12,14H2,1-2H3. The number of nitriles is 1. The first-order valence-electron chi connectivity index (χ1n) is 8.28. The van der Waals surface area contributed by atoms with Gasteiger partial charge in [0.2, 0.25) is 0 Å². The second-order valence-electron chi connectivity index (χ2n) is 7.61. The van der Waals surface area contributed by atoms with Gasteiger partial charge in [-0.1, -0.05) is 44.2 Å². The summed E-state index contributed by atoms with van der Waals surface area (Å²) < 4.78 is 0. The zero-order valence-corrected chi connectivity index (χ0v) is 13.3. The lowest BCUT2D eigenvalue weighted by molar-refractivity contribution is 0.132. The first-order chi connectivity index (χ1) is 10.1. The van der Waals surface area contributed by atoms with Crippen LogP contribution in [0.4, 0.5) is 0 Å². The van der Waals surface area contributed by atoms with Crippen molar-refractivity contribution < 1.29 is 0 Å². The number of hydrogen-bond acceptors (Lipinski definition) is 2. The number of rotatable bonds is 2. The molecule has 2 nitrogen and oxygen atoms in total. The maximum atomic E-state index is 9.53. The highest BCUT2D eigenvalue weighted by molar-refractivity contribution is 5.21. The van der Waals surface area contributed by atoms with Gasteiger partial charge in [-0.3, -0.25) is 4.90 Å². The number of benzene rings is 1. The molecule has 3 atom stereocenters. The van der Waals surface area contributed by atoms with E-state index in [0.29, 0.717) is 17.4 Å². The molecule has 1 heterocycles. The van der Waals surface area contributed by atoms with E-state index in [-0.39, 0.29) is 5.92 Å².